The van der Waals surface area contributed by atoms with Crippen molar-refractivity contribution in [2.75, 3.05) is 118 Å². The molecule has 418 valence electrons. The highest BCUT2D eigenvalue weighted by molar-refractivity contribution is 5.79. The zero-order valence-corrected chi connectivity index (χ0v) is 47.2. The number of benzene rings is 4. The van der Waals surface area contributed by atoms with Crippen molar-refractivity contribution in [1.29, 1.82) is 0 Å². The number of rotatable bonds is 26. The summed E-state index contributed by atoms with van der Waals surface area (Å²) in [7, 11) is 22.3. The van der Waals surface area contributed by atoms with E-state index in [-0.39, 0.29) is 68.4 Å². The van der Waals surface area contributed by atoms with Gasteiger partial charge in [-0.25, -0.2) is 0 Å². The van der Waals surface area contributed by atoms with Crippen LogP contribution in [0.1, 0.15) is 57.4 Å². The van der Waals surface area contributed by atoms with Gasteiger partial charge in [0.25, 0.3) is 0 Å². The molecule has 0 spiro atoms. The van der Waals surface area contributed by atoms with Gasteiger partial charge in [-0.05, 0) is 184 Å². The van der Waals surface area contributed by atoms with Crippen LogP contribution in [-0.4, -0.2) is 162 Å². The number of carbonyl (C=O) groups excluding carboxylic acids is 4. The first kappa shape index (κ1) is 66.8. The summed E-state index contributed by atoms with van der Waals surface area (Å²) in [5.74, 6) is 3.43. The van der Waals surface area contributed by atoms with Crippen molar-refractivity contribution in [1.82, 2.24) is 19.6 Å². The van der Waals surface area contributed by atoms with E-state index >= 15 is 0 Å². The van der Waals surface area contributed by atoms with Crippen LogP contribution in [0.2, 0.25) is 0 Å². The van der Waals surface area contributed by atoms with E-state index in [1.165, 1.54) is 18.2 Å². The molecule has 0 fully saturated rings. The van der Waals surface area contributed by atoms with Crippen LogP contribution in [0.4, 0.5) is 0 Å². The molecule has 75 heavy (non-hydrogen) atoms. The van der Waals surface area contributed by atoms with Gasteiger partial charge in [0, 0.05) is 0 Å². The number of hydrogen-bond acceptors (Lipinski definition) is 17. The van der Waals surface area contributed by atoms with Crippen molar-refractivity contribution in [3.63, 3.8) is 0 Å². The number of esters is 4. The maximum atomic E-state index is 12.5. The second kappa shape index (κ2) is 34.4. The predicted molar refractivity (Wildman–Crippen MR) is 297 cm³/mol. The maximum Gasteiger partial charge on any atom is 0.325 e. The molecule has 0 saturated carbocycles. The molecule has 0 aliphatic carbocycles. The number of nitrogens with two attached hydrogens (primary N) is 1. The summed E-state index contributed by atoms with van der Waals surface area (Å²) >= 11 is 0. The summed E-state index contributed by atoms with van der Waals surface area (Å²) < 4.78 is 43.7. The molecule has 2 N–H and O–H groups in total. The highest BCUT2D eigenvalue weighted by atomic mass is 16.6. The number of likely N-dealkylation sites (N-methyl/N-ethyl adjacent to an activating group) is 4. The molecular formula is C58H89N5O12. The van der Waals surface area contributed by atoms with Gasteiger partial charge in [-0.15, -0.1) is 0 Å². The van der Waals surface area contributed by atoms with Gasteiger partial charge >= 0.3 is 23.9 Å². The van der Waals surface area contributed by atoms with Crippen LogP contribution in [0, 0.1) is 23.7 Å². The van der Waals surface area contributed by atoms with E-state index in [0.717, 1.165) is 47.0 Å². The summed E-state index contributed by atoms with van der Waals surface area (Å²) in [6.07, 6.45) is 3.32. The minimum absolute atomic E-state index is 0. The molecule has 4 aromatic rings. The number of nitrogens with zero attached hydrogens (tertiary/aromatic N) is 4. The summed E-state index contributed by atoms with van der Waals surface area (Å²) in [6.45, 7) is 9.15. The highest BCUT2D eigenvalue weighted by Gasteiger charge is 2.22. The van der Waals surface area contributed by atoms with Gasteiger partial charge in [0.05, 0.1) is 54.6 Å². The van der Waals surface area contributed by atoms with Crippen LogP contribution in [0.25, 0.3) is 0 Å². The number of hydrogen-bond donors (Lipinski definition) is 1. The van der Waals surface area contributed by atoms with E-state index in [1.54, 1.807) is 129 Å². The van der Waals surface area contributed by atoms with E-state index in [0.29, 0.717) is 24.7 Å². The van der Waals surface area contributed by atoms with Gasteiger partial charge in [0.15, 0.2) is 46.0 Å². The van der Waals surface area contributed by atoms with Crippen molar-refractivity contribution < 1.29 is 57.1 Å². The molecule has 0 aliphatic rings. The van der Waals surface area contributed by atoms with Gasteiger partial charge in [-0.3, -0.25) is 38.8 Å². The largest absolute Gasteiger partial charge is 0.493 e. The third kappa shape index (κ3) is 24.3. The third-order valence-electron chi connectivity index (χ3n) is 11.8. The number of carbonyl (C=O) groups is 4. The summed E-state index contributed by atoms with van der Waals surface area (Å²) in [5.41, 5.74) is 8.85. The lowest BCUT2D eigenvalue weighted by molar-refractivity contribution is -0.137. The molecule has 0 aromatic heterocycles. The Hall–Kier alpha value is -6.24. The molecule has 0 heterocycles. The minimum Gasteiger partial charge on any atom is -0.493 e. The molecule has 4 atom stereocenters. The van der Waals surface area contributed by atoms with Crippen molar-refractivity contribution >= 4 is 23.9 Å². The predicted octanol–water partition coefficient (Wildman–Crippen LogP) is 7.60. The van der Waals surface area contributed by atoms with Gasteiger partial charge < -0.3 is 43.6 Å². The number of methoxy groups -OCH3 is 4. The monoisotopic (exact) mass is 1050 g/mol. The minimum atomic E-state index is -0.466. The van der Waals surface area contributed by atoms with E-state index in [4.69, 9.17) is 37.9 Å². The zero-order chi connectivity index (χ0) is 55.7. The molecule has 4 rings (SSSR count). The Labute approximate surface area is 448 Å². The quantitative estimate of drug-likeness (QED) is 0.0479. The summed E-state index contributed by atoms with van der Waals surface area (Å²) in [6, 6.07) is 22.8. The van der Waals surface area contributed by atoms with Crippen molar-refractivity contribution in [2.45, 2.75) is 60.8 Å². The lowest BCUT2D eigenvalue weighted by atomic mass is 9.85. The Bertz CT molecular complexity index is 2210. The van der Waals surface area contributed by atoms with Crippen molar-refractivity contribution in [3.8, 4) is 46.0 Å². The normalized spacial score (nSPS) is 12.4. The van der Waals surface area contributed by atoms with Crippen molar-refractivity contribution in [2.24, 2.45) is 29.4 Å². The van der Waals surface area contributed by atoms with E-state index in [9.17, 15) is 19.2 Å². The van der Waals surface area contributed by atoms with Gasteiger partial charge in [0.1, 0.15) is 0 Å². The Morgan fingerprint density at radius 2 is 0.560 bits per heavy atom. The number of ether oxygens (including phenoxy) is 8. The van der Waals surface area contributed by atoms with Gasteiger partial charge in [-0.2, -0.15) is 0 Å². The molecule has 0 radical (unpaired) electrons. The van der Waals surface area contributed by atoms with Crippen LogP contribution < -0.4 is 43.6 Å². The fourth-order valence-corrected chi connectivity index (χ4v) is 7.65. The van der Waals surface area contributed by atoms with Crippen LogP contribution in [0.3, 0.4) is 0 Å². The molecular weight excluding hydrogens is 959 g/mol. The molecule has 17 nitrogen and oxygen atoms in total. The summed E-state index contributed by atoms with van der Waals surface area (Å²) in [4.78, 5) is 56.4. The van der Waals surface area contributed by atoms with Gasteiger partial charge in [-0.1, -0.05) is 59.4 Å². The van der Waals surface area contributed by atoms with Crippen molar-refractivity contribution in [3.05, 3.63) is 95.1 Å². The molecule has 0 saturated heterocycles. The zero-order valence-electron chi connectivity index (χ0n) is 47.2. The van der Waals surface area contributed by atoms with Crippen LogP contribution in [0.15, 0.2) is 72.8 Å². The fraction of sp³-hybridized carbons (Fsp3) is 0.517. The first-order chi connectivity index (χ1) is 35.0. The summed E-state index contributed by atoms with van der Waals surface area (Å²) in [5, 5.41) is 0. The fourth-order valence-electron chi connectivity index (χ4n) is 7.65. The molecule has 0 bridgehead atoms. The van der Waals surface area contributed by atoms with Gasteiger partial charge in [0.2, 0.25) is 0 Å². The first-order valence-electron chi connectivity index (χ1n) is 24.7. The lowest BCUT2D eigenvalue weighted by Crippen LogP contribution is -2.27. The van der Waals surface area contributed by atoms with Crippen LogP contribution >= 0.6 is 0 Å². The third-order valence-corrected chi connectivity index (χ3v) is 11.8. The molecule has 17 heteroatoms. The molecule has 0 unspecified atom stereocenters. The average Bonchev–Trinajstić information content (AvgIpc) is 3.32. The maximum absolute atomic E-state index is 12.5. The average molecular weight is 1050 g/mol. The first-order valence-corrected chi connectivity index (χ1v) is 24.7. The Kier molecular flexibility index (Phi) is 30.6. The standard InChI is InChI=1S/C34H50N4O8.C22H30O4.CH5N.CH4/c1-23(15-25-11-13-27(43-31(39)19-35(3)4)29(17-25)45-33(41)21-37(7)8)24(2)16-26-12-14-28(44-32(40)20-36(5)6)30(18-26)46-34(42)22-38(9)10;1-15(11-17-7-9-19(23-3)21(13-17)25-5)16(2)12-18-8-10-20(24-4)22(14-18)26-6;1-2;/h11-14,17-18,23-24H,15-16,19-22H2,1-10H3;7-10,13-16H,11-12H2,1-6H3;2H2,1H3;1H4/t23-,24+;15-,16+;;. The Morgan fingerprint density at radius 3 is 0.773 bits per heavy atom. The molecule has 4 aromatic carbocycles. The Morgan fingerprint density at radius 1 is 0.360 bits per heavy atom. The molecule has 0 aliphatic heterocycles. The van der Waals surface area contributed by atoms with Crippen LogP contribution in [0.5, 0.6) is 46.0 Å². The highest BCUT2D eigenvalue weighted by Crippen LogP contribution is 2.35. The van der Waals surface area contributed by atoms with E-state index < -0.39 is 23.9 Å². The van der Waals surface area contributed by atoms with E-state index in [1.807, 2.05) is 24.3 Å². The smallest absolute Gasteiger partial charge is 0.325 e. The van der Waals surface area contributed by atoms with E-state index in [2.05, 4.69) is 57.7 Å². The second-order valence-corrected chi connectivity index (χ2v) is 19.5. The molecule has 0 amide bonds. The SMILES string of the molecule is C.CN.COc1ccc(C[C@@H](C)[C@@H](C)Cc2ccc(OC)c(OC)c2)cc1OC.C[C@H](Cc1ccc(OC(=O)CN(C)C)c(OC(=O)CN(C)C)c1)[C@@H](C)Cc1ccc(OC(=O)CN(C)C)c(OC(=O)CN(C)C)c1. The van der Waals surface area contributed by atoms with Crippen LogP contribution in [-0.2, 0) is 44.9 Å². The lowest BCUT2D eigenvalue weighted by Gasteiger charge is -2.22. The Balaban J connectivity index is 0.000000820. The topological polar surface area (TPSA) is 181 Å². The second-order valence-electron chi connectivity index (χ2n) is 19.5.